The summed E-state index contributed by atoms with van der Waals surface area (Å²) < 4.78 is 20.3. The molecule has 0 radical (unpaired) electrons. The number of ether oxygens (including phenoxy) is 1. The number of benzene rings is 1. The number of hydrogen-bond donors (Lipinski definition) is 2. The average Bonchev–Trinajstić information content (AvgIpc) is 3.16. The van der Waals surface area contributed by atoms with Crippen LogP contribution in [-0.2, 0) is 4.74 Å². The van der Waals surface area contributed by atoms with Crippen LogP contribution in [0.1, 0.15) is 29.2 Å². The smallest absolute Gasteiger partial charge is 0.129 e. The Morgan fingerprint density at radius 3 is 2.81 bits per heavy atom. The van der Waals surface area contributed by atoms with Crippen LogP contribution in [0.2, 0.25) is 0 Å². The highest BCUT2D eigenvalue weighted by Gasteiger charge is 2.56. The largest absolute Gasteiger partial charge is 0.508 e. The predicted octanol–water partition coefficient (Wildman–Crippen LogP) is 4.24. The number of nitrogens with zero attached hydrogens (tertiary/aromatic N) is 1. The van der Waals surface area contributed by atoms with Crippen LogP contribution in [0, 0.1) is 19.8 Å². The van der Waals surface area contributed by atoms with Crippen LogP contribution in [0.4, 0.5) is 10.1 Å². The van der Waals surface area contributed by atoms with E-state index >= 15 is 0 Å². The van der Waals surface area contributed by atoms with Gasteiger partial charge in [0.25, 0.3) is 0 Å². The Hall–Kier alpha value is -2.40. The monoisotopic (exact) mass is 354 g/mol. The van der Waals surface area contributed by atoms with Crippen molar-refractivity contribution in [3.63, 3.8) is 0 Å². The number of aromatic hydroxyl groups is 1. The summed E-state index contributed by atoms with van der Waals surface area (Å²) in [6.45, 7) is 8.01. The molecule has 1 aromatic heterocycles. The summed E-state index contributed by atoms with van der Waals surface area (Å²) in [5.74, 6) is 0.133. The van der Waals surface area contributed by atoms with Crippen LogP contribution >= 0.6 is 0 Å². The van der Waals surface area contributed by atoms with Crippen molar-refractivity contribution in [3.05, 3.63) is 65.6 Å². The van der Waals surface area contributed by atoms with Crippen molar-refractivity contribution >= 4 is 5.69 Å². The Morgan fingerprint density at radius 1 is 1.31 bits per heavy atom. The quantitative estimate of drug-likeness (QED) is 0.807. The van der Waals surface area contributed by atoms with Gasteiger partial charge in [-0.15, -0.1) is 0 Å². The van der Waals surface area contributed by atoms with Crippen LogP contribution in [0.3, 0.4) is 0 Å². The van der Waals surface area contributed by atoms with Gasteiger partial charge in [0.15, 0.2) is 0 Å². The second-order valence-corrected chi connectivity index (χ2v) is 7.33. The van der Waals surface area contributed by atoms with Crippen LogP contribution < -0.4 is 5.32 Å². The normalized spacial score (nSPS) is 29.7. The zero-order valence-corrected chi connectivity index (χ0v) is 14.9. The number of anilines is 1. The Labute approximate surface area is 152 Å². The highest BCUT2D eigenvalue weighted by atomic mass is 19.1. The number of pyridine rings is 1. The van der Waals surface area contributed by atoms with Gasteiger partial charge in [-0.3, -0.25) is 4.98 Å². The molecule has 2 aliphatic heterocycles. The summed E-state index contributed by atoms with van der Waals surface area (Å²) in [5, 5.41) is 13.0. The maximum Gasteiger partial charge on any atom is 0.129 e. The first kappa shape index (κ1) is 17.0. The Bertz CT molecular complexity index is 836. The molecule has 5 heteroatoms. The molecule has 3 heterocycles. The van der Waals surface area contributed by atoms with E-state index in [4.69, 9.17) is 4.74 Å². The third kappa shape index (κ3) is 2.86. The van der Waals surface area contributed by atoms with Crippen molar-refractivity contribution < 1.29 is 14.2 Å². The third-order valence-electron chi connectivity index (χ3n) is 5.51. The molecule has 0 aliphatic carbocycles. The van der Waals surface area contributed by atoms with Gasteiger partial charge in [0, 0.05) is 41.5 Å². The highest BCUT2D eigenvalue weighted by molar-refractivity contribution is 5.54. The minimum Gasteiger partial charge on any atom is -0.508 e. The molecule has 0 amide bonds. The van der Waals surface area contributed by atoms with E-state index < -0.39 is 12.3 Å². The molecular formula is C21H23FN2O2. The molecule has 4 rings (SSSR count). The average molecular weight is 354 g/mol. The van der Waals surface area contributed by atoms with Gasteiger partial charge in [-0.1, -0.05) is 12.6 Å². The van der Waals surface area contributed by atoms with Gasteiger partial charge >= 0.3 is 0 Å². The fraction of sp³-hybridized carbons (Fsp3) is 0.381. The molecule has 5 unspecified atom stereocenters. The van der Waals surface area contributed by atoms with Gasteiger partial charge in [-0.2, -0.15) is 0 Å². The van der Waals surface area contributed by atoms with Crippen LogP contribution in [-0.4, -0.2) is 28.5 Å². The SMILES string of the molecule is C=C(Nc1ccc(O)c(C)c1)C1C2CC(F)C(O2)C1c1ccc(C)nc1. The number of alkyl halides is 1. The van der Waals surface area contributed by atoms with E-state index in [-0.39, 0.29) is 23.7 Å². The first-order valence-electron chi connectivity index (χ1n) is 8.91. The van der Waals surface area contributed by atoms with Gasteiger partial charge < -0.3 is 15.2 Å². The van der Waals surface area contributed by atoms with Crippen molar-refractivity contribution in [2.45, 2.75) is 44.6 Å². The summed E-state index contributed by atoms with van der Waals surface area (Å²) in [7, 11) is 0. The lowest BCUT2D eigenvalue weighted by Crippen LogP contribution is -2.35. The third-order valence-corrected chi connectivity index (χ3v) is 5.51. The molecule has 2 N–H and O–H groups in total. The van der Waals surface area contributed by atoms with Crippen molar-refractivity contribution in [1.29, 1.82) is 0 Å². The summed E-state index contributed by atoms with van der Waals surface area (Å²) in [5.41, 5.74) is 4.36. The lowest BCUT2D eigenvalue weighted by Gasteiger charge is -2.31. The molecule has 2 bridgehead atoms. The van der Waals surface area contributed by atoms with E-state index in [1.807, 2.05) is 44.3 Å². The molecule has 0 spiro atoms. The minimum absolute atomic E-state index is 0.0226. The number of phenols is 1. The standard InChI is InChI=1S/C21H23FN2O2/c1-11-8-15(6-7-17(11)25)24-13(3)19-18-9-16(22)21(26-18)20(19)14-5-4-12(2)23-10-14/h4-8,10,16,18-21,24-25H,3,9H2,1-2H3. The van der Waals surface area contributed by atoms with E-state index in [0.29, 0.717) is 6.42 Å². The second kappa shape index (κ2) is 6.40. The maximum absolute atomic E-state index is 14.4. The first-order valence-corrected chi connectivity index (χ1v) is 8.91. The lowest BCUT2D eigenvalue weighted by atomic mass is 9.73. The number of rotatable bonds is 4. The lowest BCUT2D eigenvalue weighted by molar-refractivity contribution is 0.0752. The summed E-state index contributed by atoms with van der Waals surface area (Å²) in [6.07, 6.45) is 0.641. The summed E-state index contributed by atoms with van der Waals surface area (Å²) in [6, 6.07) is 9.29. The van der Waals surface area contributed by atoms with E-state index in [0.717, 1.165) is 28.2 Å². The topological polar surface area (TPSA) is 54.4 Å². The van der Waals surface area contributed by atoms with Gasteiger partial charge in [-0.05, 0) is 49.2 Å². The summed E-state index contributed by atoms with van der Waals surface area (Å²) >= 11 is 0. The summed E-state index contributed by atoms with van der Waals surface area (Å²) in [4.78, 5) is 4.38. The van der Waals surface area contributed by atoms with Gasteiger partial charge in [-0.25, -0.2) is 4.39 Å². The molecule has 2 saturated heterocycles. The Kier molecular flexibility index (Phi) is 4.19. The molecule has 4 nitrogen and oxygen atoms in total. The number of fused-ring (bicyclic) bond motifs is 2. The van der Waals surface area contributed by atoms with Crippen molar-refractivity contribution in [1.82, 2.24) is 4.98 Å². The zero-order chi connectivity index (χ0) is 18.4. The number of halogens is 1. The number of aryl methyl sites for hydroxylation is 2. The van der Waals surface area contributed by atoms with Crippen molar-refractivity contribution in [3.8, 4) is 5.75 Å². The van der Waals surface area contributed by atoms with Crippen LogP contribution in [0.5, 0.6) is 5.75 Å². The van der Waals surface area contributed by atoms with E-state index in [1.54, 1.807) is 6.07 Å². The van der Waals surface area contributed by atoms with E-state index in [2.05, 4.69) is 16.9 Å². The van der Waals surface area contributed by atoms with Gasteiger partial charge in [0.2, 0.25) is 0 Å². The molecule has 2 aliphatic rings. The maximum atomic E-state index is 14.4. The molecule has 26 heavy (non-hydrogen) atoms. The molecule has 0 saturated carbocycles. The molecule has 1 aromatic carbocycles. The zero-order valence-electron chi connectivity index (χ0n) is 14.9. The van der Waals surface area contributed by atoms with Crippen molar-refractivity contribution in [2.75, 3.05) is 5.32 Å². The molecule has 136 valence electrons. The number of nitrogens with one attached hydrogen (secondary N) is 1. The second-order valence-electron chi connectivity index (χ2n) is 7.33. The predicted molar refractivity (Wildman–Crippen MR) is 99.0 cm³/mol. The van der Waals surface area contributed by atoms with E-state index in [9.17, 15) is 9.50 Å². The molecule has 5 atom stereocenters. The number of hydrogen-bond acceptors (Lipinski definition) is 4. The molecule has 2 fully saturated rings. The van der Waals surface area contributed by atoms with Crippen LogP contribution in [0.25, 0.3) is 0 Å². The van der Waals surface area contributed by atoms with E-state index in [1.165, 1.54) is 0 Å². The minimum atomic E-state index is -0.953. The molecule has 2 aromatic rings. The number of aromatic nitrogens is 1. The number of phenolic OH excluding ortho intramolecular Hbond substituents is 1. The first-order chi connectivity index (χ1) is 12.4. The van der Waals surface area contributed by atoms with Crippen molar-refractivity contribution in [2.24, 2.45) is 5.92 Å². The highest BCUT2D eigenvalue weighted by Crippen LogP contribution is 2.52. The molecular weight excluding hydrogens is 331 g/mol. The van der Waals surface area contributed by atoms with Crippen LogP contribution in [0.15, 0.2) is 48.8 Å². The Morgan fingerprint density at radius 2 is 2.12 bits per heavy atom. The fourth-order valence-corrected chi connectivity index (χ4v) is 4.19. The van der Waals surface area contributed by atoms with Gasteiger partial charge in [0.1, 0.15) is 11.9 Å². The fourth-order valence-electron chi connectivity index (χ4n) is 4.19. The Balaban J connectivity index is 1.61. The van der Waals surface area contributed by atoms with Gasteiger partial charge in [0.05, 0.1) is 12.2 Å².